The molecule has 23 heavy (non-hydrogen) atoms. The third kappa shape index (κ3) is 5.45. The maximum absolute atomic E-state index is 12.7. The summed E-state index contributed by atoms with van der Waals surface area (Å²) in [5, 5.41) is 3.15. The molecular formula is C17H17ClFNO3. The minimum Gasteiger partial charge on any atom is -0.492 e. The van der Waals surface area contributed by atoms with Gasteiger partial charge in [-0.05, 0) is 43.3 Å². The van der Waals surface area contributed by atoms with Crippen LogP contribution in [0, 0.1) is 5.82 Å². The molecular weight excluding hydrogens is 321 g/mol. The fraction of sp³-hybridized carbons (Fsp3) is 0.235. The molecule has 1 atom stereocenters. The lowest BCUT2D eigenvalue weighted by Crippen LogP contribution is -2.38. The van der Waals surface area contributed by atoms with Crippen LogP contribution in [-0.4, -0.2) is 25.2 Å². The van der Waals surface area contributed by atoms with Crippen molar-refractivity contribution in [1.29, 1.82) is 0 Å². The Kier molecular flexibility index (Phi) is 6.23. The van der Waals surface area contributed by atoms with Gasteiger partial charge in [0.25, 0.3) is 5.91 Å². The van der Waals surface area contributed by atoms with Crippen LogP contribution in [0.1, 0.15) is 6.92 Å². The molecule has 1 amide bonds. The van der Waals surface area contributed by atoms with Gasteiger partial charge in [0.05, 0.1) is 11.6 Å². The summed E-state index contributed by atoms with van der Waals surface area (Å²) in [5.41, 5.74) is 0. The van der Waals surface area contributed by atoms with Crippen molar-refractivity contribution in [2.75, 3.05) is 13.2 Å². The molecule has 2 rings (SSSR count). The summed E-state index contributed by atoms with van der Waals surface area (Å²) >= 11 is 5.98. The van der Waals surface area contributed by atoms with E-state index >= 15 is 0 Å². The van der Waals surface area contributed by atoms with Crippen molar-refractivity contribution in [1.82, 2.24) is 5.32 Å². The summed E-state index contributed by atoms with van der Waals surface area (Å²) in [5.74, 6) is 0.407. The number of benzene rings is 2. The number of hydrogen-bond acceptors (Lipinski definition) is 3. The van der Waals surface area contributed by atoms with Crippen molar-refractivity contribution >= 4 is 17.5 Å². The molecule has 6 heteroatoms. The first-order valence-corrected chi connectivity index (χ1v) is 7.51. The molecule has 0 radical (unpaired) electrons. The van der Waals surface area contributed by atoms with Crippen LogP contribution in [0.4, 0.5) is 4.39 Å². The highest BCUT2D eigenvalue weighted by atomic mass is 35.5. The number of halogens is 2. The van der Waals surface area contributed by atoms with E-state index in [1.165, 1.54) is 24.3 Å². The summed E-state index contributed by atoms with van der Waals surface area (Å²) in [6, 6.07) is 12.6. The van der Waals surface area contributed by atoms with E-state index in [1.807, 2.05) is 0 Å². The van der Waals surface area contributed by atoms with Crippen LogP contribution >= 0.6 is 11.6 Å². The fourth-order valence-corrected chi connectivity index (χ4v) is 1.98. The predicted octanol–water partition coefficient (Wildman–Crippen LogP) is 3.44. The van der Waals surface area contributed by atoms with Crippen molar-refractivity contribution in [3.8, 4) is 11.5 Å². The predicted molar refractivity (Wildman–Crippen MR) is 86.4 cm³/mol. The first-order chi connectivity index (χ1) is 11.1. The van der Waals surface area contributed by atoms with Crippen LogP contribution < -0.4 is 14.8 Å². The number of rotatable bonds is 7. The summed E-state index contributed by atoms with van der Waals surface area (Å²) in [7, 11) is 0. The van der Waals surface area contributed by atoms with E-state index in [-0.39, 0.29) is 18.3 Å². The van der Waals surface area contributed by atoms with Crippen LogP contribution in [0.25, 0.3) is 0 Å². The molecule has 0 aromatic heterocycles. The second kappa shape index (κ2) is 8.39. The molecule has 0 heterocycles. The van der Waals surface area contributed by atoms with Gasteiger partial charge in [-0.2, -0.15) is 0 Å². The first-order valence-electron chi connectivity index (χ1n) is 7.13. The largest absolute Gasteiger partial charge is 0.492 e. The lowest BCUT2D eigenvalue weighted by Gasteiger charge is -2.15. The normalized spacial score (nSPS) is 11.6. The van der Waals surface area contributed by atoms with Crippen LogP contribution in [0.5, 0.6) is 11.5 Å². The second-order valence-electron chi connectivity index (χ2n) is 4.78. The van der Waals surface area contributed by atoms with Crippen LogP contribution in [-0.2, 0) is 4.79 Å². The Bertz CT molecular complexity index is 649. The minimum absolute atomic E-state index is 0.271. The lowest BCUT2D eigenvalue weighted by atomic mass is 10.3. The summed E-state index contributed by atoms with van der Waals surface area (Å²) in [4.78, 5) is 11.9. The summed E-state index contributed by atoms with van der Waals surface area (Å²) in [6.45, 7) is 2.22. The molecule has 2 aromatic carbocycles. The highest BCUT2D eigenvalue weighted by Gasteiger charge is 2.15. The van der Waals surface area contributed by atoms with E-state index in [9.17, 15) is 9.18 Å². The Labute approximate surface area is 139 Å². The van der Waals surface area contributed by atoms with E-state index in [4.69, 9.17) is 21.1 Å². The van der Waals surface area contributed by atoms with E-state index in [0.717, 1.165) is 0 Å². The van der Waals surface area contributed by atoms with Crippen molar-refractivity contribution in [3.05, 3.63) is 59.4 Å². The topological polar surface area (TPSA) is 47.6 Å². The van der Waals surface area contributed by atoms with Gasteiger partial charge in [-0.25, -0.2) is 4.39 Å². The average molecular weight is 338 g/mol. The van der Waals surface area contributed by atoms with Gasteiger partial charge in [0.2, 0.25) is 0 Å². The number of nitrogens with one attached hydrogen (secondary N) is 1. The molecule has 0 aliphatic carbocycles. The van der Waals surface area contributed by atoms with Gasteiger partial charge < -0.3 is 14.8 Å². The molecule has 0 unspecified atom stereocenters. The van der Waals surface area contributed by atoms with Crippen LogP contribution in [0.2, 0.25) is 5.02 Å². The van der Waals surface area contributed by atoms with Crippen molar-refractivity contribution in [2.45, 2.75) is 13.0 Å². The van der Waals surface area contributed by atoms with E-state index in [1.54, 1.807) is 31.2 Å². The van der Waals surface area contributed by atoms with Crippen LogP contribution in [0.3, 0.4) is 0 Å². The number of carbonyl (C=O) groups is 1. The SMILES string of the molecule is C[C@@H](Oc1ccccc1Cl)C(=O)NCCOc1ccc(F)cc1. The monoisotopic (exact) mass is 337 g/mol. The zero-order valence-electron chi connectivity index (χ0n) is 12.6. The van der Waals surface area contributed by atoms with E-state index < -0.39 is 6.10 Å². The first kappa shape index (κ1) is 17.1. The molecule has 0 aliphatic rings. The summed E-state index contributed by atoms with van der Waals surface area (Å²) in [6.07, 6.45) is -0.680. The number of amides is 1. The minimum atomic E-state index is -0.680. The van der Waals surface area contributed by atoms with Gasteiger partial charge >= 0.3 is 0 Å². The number of para-hydroxylation sites is 1. The zero-order chi connectivity index (χ0) is 16.7. The van der Waals surface area contributed by atoms with Crippen LogP contribution in [0.15, 0.2) is 48.5 Å². The van der Waals surface area contributed by atoms with Crippen molar-refractivity contribution in [2.24, 2.45) is 0 Å². The Balaban J connectivity index is 1.72. The summed E-state index contributed by atoms with van der Waals surface area (Å²) < 4.78 is 23.6. The molecule has 4 nitrogen and oxygen atoms in total. The van der Waals surface area contributed by atoms with E-state index in [2.05, 4.69) is 5.32 Å². The van der Waals surface area contributed by atoms with Gasteiger partial charge in [0.15, 0.2) is 6.10 Å². The third-order valence-electron chi connectivity index (χ3n) is 2.99. The smallest absolute Gasteiger partial charge is 0.260 e. The maximum Gasteiger partial charge on any atom is 0.260 e. The molecule has 0 fully saturated rings. The van der Waals surface area contributed by atoms with Gasteiger partial charge in [0.1, 0.15) is 23.9 Å². The van der Waals surface area contributed by atoms with Gasteiger partial charge in [-0.15, -0.1) is 0 Å². The molecule has 0 spiro atoms. The molecule has 122 valence electrons. The highest BCUT2D eigenvalue weighted by Crippen LogP contribution is 2.24. The highest BCUT2D eigenvalue weighted by molar-refractivity contribution is 6.32. The Morgan fingerprint density at radius 1 is 1.22 bits per heavy atom. The Hall–Kier alpha value is -2.27. The molecule has 0 aliphatic heterocycles. The quantitative estimate of drug-likeness (QED) is 0.787. The van der Waals surface area contributed by atoms with Gasteiger partial charge in [-0.3, -0.25) is 4.79 Å². The van der Waals surface area contributed by atoms with E-state index in [0.29, 0.717) is 23.1 Å². The van der Waals surface area contributed by atoms with Gasteiger partial charge in [-0.1, -0.05) is 23.7 Å². The Morgan fingerprint density at radius 3 is 2.61 bits per heavy atom. The number of ether oxygens (including phenoxy) is 2. The molecule has 2 aromatic rings. The average Bonchev–Trinajstić information content (AvgIpc) is 2.55. The van der Waals surface area contributed by atoms with Crippen molar-refractivity contribution in [3.63, 3.8) is 0 Å². The van der Waals surface area contributed by atoms with Gasteiger partial charge in [0, 0.05) is 0 Å². The third-order valence-corrected chi connectivity index (χ3v) is 3.31. The fourth-order valence-electron chi connectivity index (χ4n) is 1.80. The molecule has 0 saturated carbocycles. The lowest BCUT2D eigenvalue weighted by molar-refractivity contribution is -0.127. The van der Waals surface area contributed by atoms with Crippen molar-refractivity contribution < 1.29 is 18.7 Å². The number of hydrogen-bond donors (Lipinski definition) is 1. The molecule has 1 N–H and O–H groups in total. The Morgan fingerprint density at radius 2 is 1.91 bits per heavy atom. The number of carbonyl (C=O) groups excluding carboxylic acids is 1. The second-order valence-corrected chi connectivity index (χ2v) is 5.19. The standard InChI is InChI=1S/C17H17ClFNO3/c1-12(23-16-5-3-2-4-15(16)18)17(21)20-10-11-22-14-8-6-13(19)7-9-14/h2-9,12H,10-11H2,1H3,(H,20,21)/t12-/m1/s1. The molecule has 0 saturated heterocycles. The maximum atomic E-state index is 12.7. The molecule has 0 bridgehead atoms. The zero-order valence-corrected chi connectivity index (χ0v) is 13.3.